The first kappa shape index (κ1) is 16.6. The van der Waals surface area contributed by atoms with Crippen molar-refractivity contribution >= 4 is 23.7 Å². The molecule has 2 unspecified atom stereocenters. The Kier molecular flexibility index (Phi) is 4.66. The van der Waals surface area contributed by atoms with E-state index in [0.717, 1.165) is 5.56 Å². The van der Waals surface area contributed by atoms with Crippen molar-refractivity contribution in [2.24, 2.45) is 5.92 Å². The number of carboxylic acid groups (broad SMARTS) is 1. The number of rotatable bonds is 2. The molecule has 0 aromatic heterocycles. The number of carboxylic acids is 1. The highest BCUT2D eigenvalue weighted by atomic mass is 35.5. The van der Waals surface area contributed by atoms with E-state index in [1.165, 1.54) is 4.90 Å². The van der Waals surface area contributed by atoms with Gasteiger partial charge in [-0.3, -0.25) is 0 Å². The van der Waals surface area contributed by atoms with Crippen LogP contribution in [0.5, 0.6) is 0 Å². The molecule has 6 heteroatoms. The number of hydrogen-bond donors (Lipinski definition) is 0. The lowest BCUT2D eigenvalue weighted by molar-refractivity contribution is -0.311. The van der Waals surface area contributed by atoms with Crippen molar-refractivity contribution in [3.8, 4) is 0 Å². The lowest BCUT2D eigenvalue weighted by atomic mass is 9.89. The average molecular weight is 325 g/mol. The molecule has 1 aliphatic heterocycles. The summed E-state index contributed by atoms with van der Waals surface area (Å²) in [6.45, 7) is 5.66. The molecule has 0 bridgehead atoms. The summed E-state index contributed by atoms with van der Waals surface area (Å²) in [5, 5.41) is 11.9. The molecule has 1 saturated heterocycles. The number of nitrogens with zero attached hydrogens (tertiary/aromatic N) is 1. The maximum atomic E-state index is 12.1. The fourth-order valence-electron chi connectivity index (χ4n) is 2.59. The maximum absolute atomic E-state index is 12.1. The van der Waals surface area contributed by atoms with Crippen molar-refractivity contribution in [2.45, 2.75) is 32.3 Å². The predicted octanol–water partition coefficient (Wildman–Crippen LogP) is 2.04. The number of aliphatic carboxylic acids is 1. The highest BCUT2D eigenvalue weighted by Gasteiger charge is 2.38. The molecule has 2 atom stereocenters. The van der Waals surface area contributed by atoms with Gasteiger partial charge in [-0.05, 0) is 38.5 Å². The molecule has 120 valence electrons. The van der Waals surface area contributed by atoms with Crippen LogP contribution in [-0.4, -0.2) is 35.7 Å². The molecule has 1 aliphatic rings. The van der Waals surface area contributed by atoms with E-state index in [2.05, 4.69) is 0 Å². The van der Waals surface area contributed by atoms with E-state index in [1.54, 1.807) is 39.0 Å². The van der Waals surface area contributed by atoms with Gasteiger partial charge in [0.05, 0.1) is 0 Å². The van der Waals surface area contributed by atoms with Gasteiger partial charge in [0, 0.05) is 35.9 Å². The molecule has 1 amide bonds. The van der Waals surface area contributed by atoms with Crippen LogP contribution in [0.15, 0.2) is 24.3 Å². The van der Waals surface area contributed by atoms with Gasteiger partial charge < -0.3 is 19.5 Å². The normalized spacial score (nSPS) is 21.7. The number of ether oxygens (including phenoxy) is 1. The maximum Gasteiger partial charge on any atom is 0.410 e. The molecule has 1 heterocycles. The van der Waals surface area contributed by atoms with Gasteiger partial charge in [0.2, 0.25) is 0 Å². The van der Waals surface area contributed by atoms with E-state index in [0.29, 0.717) is 5.02 Å². The molecular formula is C16H19ClNO4-. The molecule has 0 saturated carbocycles. The third-order valence-corrected chi connectivity index (χ3v) is 3.79. The summed E-state index contributed by atoms with van der Waals surface area (Å²) in [6, 6.07) is 7.02. The van der Waals surface area contributed by atoms with E-state index in [4.69, 9.17) is 16.3 Å². The minimum atomic E-state index is -1.17. The summed E-state index contributed by atoms with van der Waals surface area (Å²) in [5.41, 5.74) is 0.162. The van der Waals surface area contributed by atoms with Gasteiger partial charge in [0.25, 0.3) is 0 Å². The topological polar surface area (TPSA) is 69.7 Å². The van der Waals surface area contributed by atoms with Crippen LogP contribution in [0.3, 0.4) is 0 Å². The Morgan fingerprint density at radius 2 is 2.00 bits per heavy atom. The van der Waals surface area contributed by atoms with Crippen molar-refractivity contribution in [2.75, 3.05) is 13.1 Å². The van der Waals surface area contributed by atoms with Crippen molar-refractivity contribution in [3.05, 3.63) is 34.9 Å². The van der Waals surface area contributed by atoms with Gasteiger partial charge in [-0.2, -0.15) is 0 Å². The first-order valence-corrected chi connectivity index (χ1v) is 7.49. The van der Waals surface area contributed by atoms with Crippen LogP contribution in [0.4, 0.5) is 4.79 Å². The summed E-state index contributed by atoms with van der Waals surface area (Å²) in [6.07, 6.45) is -0.511. The molecule has 1 fully saturated rings. The summed E-state index contributed by atoms with van der Waals surface area (Å²) >= 11 is 5.97. The first-order valence-electron chi connectivity index (χ1n) is 7.11. The lowest BCUT2D eigenvalue weighted by Crippen LogP contribution is -2.38. The highest BCUT2D eigenvalue weighted by Crippen LogP contribution is 2.34. The fraction of sp³-hybridized carbons (Fsp3) is 0.500. The Hall–Kier alpha value is -1.75. The monoisotopic (exact) mass is 324 g/mol. The van der Waals surface area contributed by atoms with Gasteiger partial charge in [0.15, 0.2) is 0 Å². The molecule has 5 nitrogen and oxygen atoms in total. The third kappa shape index (κ3) is 3.91. The molecule has 0 spiro atoms. The van der Waals surface area contributed by atoms with Gasteiger partial charge in [-0.1, -0.05) is 23.7 Å². The van der Waals surface area contributed by atoms with Gasteiger partial charge >= 0.3 is 6.09 Å². The minimum absolute atomic E-state index is 0.0778. The standard InChI is InChI=1S/C16H20ClNO4/c1-16(2,3)22-15(21)18-8-12(13(9-18)14(19)20)10-5-4-6-11(17)7-10/h4-7,12-13H,8-9H2,1-3H3,(H,19,20)/p-1. The number of amides is 1. The van der Waals surface area contributed by atoms with Crippen molar-refractivity contribution in [3.63, 3.8) is 0 Å². The molecule has 0 N–H and O–H groups in total. The quantitative estimate of drug-likeness (QED) is 0.834. The zero-order valence-corrected chi connectivity index (χ0v) is 13.6. The second-order valence-electron chi connectivity index (χ2n) is 6.47. The number of carbonyl (C=O) groups is 2. The van der Waals surface area contributed by atoms with Gasteiger partial charge in [0.1, 0.15) is 5.60 Å². The van der Waals surface area contributed by atoms with Crippen LogP contribution in [0.25, 0.3) is 0 Å². The Labute approximate surface area is 134 Å². The van der Waals surface area contributed by atoms with E-state index in [1.807, 2.05) is 6.07 Å². The molecular weight excluding hydrogens is 306 g/mol. The van der Waals surface area contributed by atoms with E-state index in [-0.39, 0.29) is 19.0 Å². The Morgan fingerprint density at radius 1 is 1.32 bits per heavy atom. The van der Waals surface area contributed by atoms with Crippen LogP contribution in [-0.2, 0) is 9.53 Å². The van der Waals surface area contributed by atoms with Crippen LogP contribution >= 0.6 is 11.6 Å². The summed E-state index contributed by atoms with van der Waals surface area (Å²) in [5.74, 6) is -2.29. The largest absolute Gasteiger partial charge is 0.550 e. The van der Waals surface area contributed by atoms with Gasteiger partial charge in [-0.25, -0.2) is 4.79 Å². The number of hydrogen-bond acceptors (Lipinski definition) is 4. The number of likely N-dealkylation sites (tertiary alicyclic amines) is 1. The van der Waals surface area contributed by atoms with E-state index < -0.39 is 23.6 Å². The smallest absolute Gasteiger partial charge is 0.410 e. The van der Waals surface area contributed by atoms with Crippen LogP contribution in [0.1, 0.15) is 32.3 Å². The molecule has 22 heavy (non-hydrogen) atoms. The SMILES string of the molecule is CC(C)(C)OC(=O)N1CC(C(=O)[O-])C(c2cccc(Cl)c2)C1. The Morgan fingerprint density at radius 3 is 2.55 bits per heavy atom. The summed E-state index contributed by atoms with van der Waals surface area (Å²) < 4.78 is 5.31. The molecule has 0 radical (unpaired) electrons. The Bertz CT molecular complexity index is 582. The summed E-state index contributed by atoms with van der Waals surface area (Å²) in [7, 11) is 0. The van der Waals surface area contributed by atoms with Crippen molar-refractivity contribution in [1.29, 1.82) is 0 Å². The first-order chi connectivity index (χ1) is 10.2. The zero-order chi connectivity index (χ0) is 16.5. The minimum Gasteiger partial charge on any atom is -0.550 e. The number of carbonyl (C=O) groups excluding carboxylic acids is 2. The van der Waals surface area contributed by atoms with Crippen LogP contribution in [0, 0.1) is 5.92 Å². The van der Waals surface area contributed by atoms with Gasteiger partial charge in [-0.15, -0.1) is 0 Å². The van der Waals surface area contributed by atoms with E-state index in [9.17, 15) is 14.7 Å². The molecule has 2 rings (SSSR count). The highest BCUT2D eigenvalue weighted by molar-refractivity contribution is 6.30. The fourth-order valence-corrected chi connectivity index (χ4v) is 2.79. The lowest BCUT2D eigenvalue weighted by Gasteiger charge is -2.24. The predicted molar refractivity (Wildman–Crippen MR) is 80.5 cm³/mol. The van der Waals surface area contributed by atoms with Crippen LogP contribution in [0.2, 0.25) is 5.02 Å². The average Bonchev–Trinajstić information content (AvgIpc) is 2.82. The Balaban J connectivity index is 2.20. The second kappa shape index (κ2) is 6.16. The third-order valence-electron chi connectivity index (χ3n) is 3.55. The second-order valence-corrected chi connectivity index (χ2v) is 6.91. The van der Waals surface area contributed by atoms with E-state index >= 15 is 0 Å². The molecule has 1 aromatic carbocycles. The molecule has 0 aliphatic carbocycles. The number of halogens is 1. The number of benzene rings is 1. The van der Waals surface area contributed by atoms with Crippen LogP contribution < -0.4 is 5.11 Å². The van der Waals surface area contributed by atoms with Crippen molar-refractivity contribution in [1.82, 2.24) is 4.90 Å². The molecule has 1 aromatic rings. The zero-order valence-electron chi connectivity index (χ0n) is 12.8. The summed E-state index contributed by atoms with van der Waals surface area (Å²) in [4.78, 5) is 25.0. The van der Waals surface area contributed by atoms with Crippen molar-refractivity contribution < 1.29 is 19.4 Å².